The highest BCUT2D eigenvalue weighted by atomic mass is 32.2. The first-order valence-electron chi connectivity index (χ1n) is 15.2. The molecule has 14 nitrogen and oxygen atoms in total. The number of nitrogens with one attached hydrogen (secondary N) is 1. The molecule has 1 saturated heterocycles. The molecule has 1 aliphatic rings. The van der Waals surface area contributed by atoms with Crippen molar-refractivity contribution in [1.29, 1.82) is 0 Å². The zero-order chi connectivity index (χ0) is 35.2. The number of anilines is 1. The third-order valence-corrected chi connectivity index (χ3v) is 8.20. The zero-order valence-electron chi connectivity index (χ0n) is 27.9. The summed E-state index contributed by atoms with van der Waals surface area (Å²) in [5, 5.41) is 10.2. The number of nitrogens with zero attached hydrogens (tertiary/aromatic N) is 4. The third kappa shape index (κ3) is 9.20. The minimum atomic E-state index is -3.50. The van der Waals surface area contributed by atoms with Crippen LogP contribution < -0.4 is 19.9 Å². The van der Waals surface area contributed by atoms with Crippen molar-refractivity contribution in [2.24, 2.45) is 12.8 Å². The molecule has 4 N–H and O–H groups in total. The number of benzene rings is 2. The second-order valence-electron chi connectivity index (χ2n) is 12.3. The van der Waals surface area contributed by atoms with Crippen molar-refractivity contribution in [1.82, 2.24) is 19.4 Å². The van der Waals surface area contributed by atoms with Gasteiger partial charge in [0.25, 0.3) is 5.91 Å². The number of sulfonamides is 1. The number of hydrogen-bond donors (Lipinski definition) is 3. The van der Waals surface area contributed by atoms with E-state index in [1.807, 2.05) is 39.0 Å². The number of amides is 1. The molecule has 258 valence electrons. The molecule has 0 bridgehead atoms. The molecule has 15 heteroatoms. The molecule has 1 aliphatic heterocycles. The van der Waals surface area contributed by atoms with E-state index < -0.39 is 21.9 Å². The number of carbonyl (C=O) groups is 2. The van der Waals surface area contributed by atoms with E-state index in [0.29, 0.717) is 23.0 Å². The summed E-state index contributed by atoms with van der Waals surface area (Å²) in [6.07, 6.45) is 3.44. The number of ether oxygens (including phenoxy) is 3. The average Bonchev–Trinajstić information content (AvgIpc) is 3.37. The van der Waals surface area contributed by atoms with Crippen LogP contribution in [0.3, 0.4) is 0 Å². The largest absolute Gasteiger partial charge is 0.494 e. The molecule has 48 heavy (non-hydrogen) atoms. The molecular formula is C33H42N6O8S. The highest BCUT2D eigenvalue weighted by molar-refractivity contribution is 7.92. The Labute approximate surface area is 279 Å². The summed E-state index contributed by atoms with van der Waals surface area (Å²) >= 11 is 0. The first-order valence-corrected chi connectivity index (χ1v) is 17.1. The highest BCUT2D eigenvalue weighted by Gasteiger charge is 2.23. The average molecular weight is 683 g/mol. The Hall–Kier alpha value is -4.73. The van der Waals surface area contributed by atoms with E-state index >= 15 is 0 Å². The van der Waals surface area contributed by atoms with E-state index in [0.717, 1.165) is 56.5 Å². The van der Waals surface area contributed by atoms with Crippen molar-refractivity contribution >= 4 is 38.5 Å². The fourth-order valence-corrected chi connectivity index (χ4v) is 5.71. The second kappa shape index (κ2) is 15.0. The van der Waals surface area contributed by atoms with E-state index in [1.165, 1.54) is 7.11 Å². The Bertz CT molecular complexity index is 1900. The van der Waals surface area contributed by atoms with E-state index in [-0.39, 0.29) is 28.1 Å². The lowest BCUT2D eigenvalue weighted by Crippen LogP contribution is -2.37. The SMILES string of the molecule is COc1c(NS(C)(=O)=O)cc(C(C)(C)C)cc1C(N)=O.Cn1c(C(=O)O)cc2cccc(Oc3ccnc(CCN4CCOCC4)n3)c21. The van der Waals surface area contributed by atoms with Crippen LogP contribution in [0, 0.1) is 0 Å². The van der Waals surface area contributed by atoms with Crippen molar-refractivity contribution in [2.75, 3.05) is 50.9 Å². The monoisotopic (exact) mass is 682 g/mol. The number of rotatable bonds is 10. The maximum Gasteiger partial charge on any atom is 0.352 e. The maximum atomic E-state index is 11.5. The Morgan fingerprint density at radius 2 is 1.83 bits per heavy atom. The first kappa shape index (κ1) is 36.1. The predicted molar refractivity (Wildman–Crippen MR) is 182 cm³/mol. The van der Waals surface area contributed by atoms with E-state index in [9.17, 15) is 23.1 Å². The zero-order valence-corrected chi connectivity index (χ0v) is 28.8. The van der Waals surface area contributed by atoms with Gasteiger partial charge in [-0.2, -0.15) is 4.98 Å². The van der Waals surface area contributed by atoms with E-state index in [2.05, 4.69) is 19.6 Å². The Morgan fingerprint density at radius 3 is 2.44 bits per heavy atom. The van der Waals surface area contributed by atoms with Crippen LogP contribution in [0.15, 0.2) is 48.7 Å². The minimum absolute atomic E-state index is 0.121. The van der Waals surface area contributed by atoms with Crippen LogP contribution in [0.5, 0.6) is 17.4 Å². The molecule has 0 aliphatic carbocycles. The number of carboxylic acids is 1. The van der Waals surface area contributed by atoms with Gasteiger partial charge < -0.3 is 29.6 Å². The molecule has 0 spiro atoms. The summed E-state index contributed by atoms with van der Waals surface area (Å²) in [6.45, 7) is 10.1. The number of hydrogen-bond acceptors (Lipinski definition) is 10. The number of para-hydroxylation sites is 1. The Balaban J connectivity index is 0.000000231. The number of aromatic carboxylic acids is 1. The lowest BCUT2D eigenvalue weighted by Gasteiger charge is -2.26. The molecule has 0 atom stereocenters. The molecular weight excluding hydrogens is 640 g/mol. The summed E-state index contributed by atoms with van der Waals surface area (Å²) in [6, 6.07) is 12.1. The van der Waals surface area contributed by atoms with Crippen molar-refractivity contribution in [3.8, 4) is 17.4 Å². The normalized spacial score (nSPS) is 13.8. The molecule has 5 rings (SSSR count). The molecule has 3 heterocycles. The summed E-state index contributed by atoms with van der Waals surface area (Å²) in [5.41, 5.74) is 7.12. The summed E-state index contributed by atoms with van der Waals surface area (Å²) in [5.74, 6) is 0.190. The van der Waals surface area contributed by atoms with Crippen LogP contribution in [0.25, 0.3) is 10.9 Å². The summed E-state index contributed by atoms with van der Waals surface area (Å²) < 4.78 is 43.3. The van der Waals surface area contributed by atoms with Gasteiger partial charge in [-0.25, -0.2) is 18.2 Å². The number of carboxylic acid groups (broad SMARTS) is 1. The van der Waals surface area contributed by atoms with Gasteiger partial charge in [-0.05, 0) is 35.2 Å². The quantitative estimate of drug-likeness (QED) is 0.221. The van der Waals surface area contributed by atoms with Gasteiger partial charge >= 0.3 is 5.97 Å². The van der Waals surface area contributed by atoms with Crippen LogP contribution in [-0.4, -0.2) is 91.0 Å². The number of carbonyl (C=O) groups excluding carboxylic acids is 1. The number of aromatic nitrogens is 3. The summed E-state index contributed by atoms with van der Waals surface area (Å²) in [7, 11) is -0.429. The topological polar surface area (TPSA) is 188 Å². The van der Waals surface area contributed by atoms with Crippen molar-refractivity contribution < 1.29 is 37.3 Å². The standard InChI is InChI=1S/C20H22N4O4.C13H20N2O4S/c1-23-15(20(25)26)13-14-3-2-4-16(19(14)23)28-18-5-7-21-17(22-18)6-8-24-9-11-27-12-10-24;1-13(2,3)8-6-9(12(14)16)11(19-4)10(7-8)15-20(5,17)18/h2-5,7,13H,6,8-12H2,1H3,(H,25,26);6-7,15H,1-5H3,(H2,14,16). The van der Waals surface area contributed by atoms with Gasteiger partial charge in [-0.3, -0.25) is 14.4 Å². The predicted octanol–water partition coefficient (Wildman–Crippen LogP) is 3.80. The van der Waals surface area contributed by atoms with Crippen molar-refractivity contribution in [3.05, 3.63) is 71.3 Å². The maximum absolute atomic E-state index is 11.5. The van der Waals surface area contributed by atoms with Gasteiger partial charge in [0.2, 0.25) is 15.9 Å². The van der Waals surface area contributed by atoms with Crippen molar-refractivity contribution in [3.63, 3.8) is 0 Å². The van der Waals surface area contributed by atoms with E-state index in [4.69, 9.17) is 19.9 Å². The van der Waals surface area contributed by atoms with Crippen LogP contribution in [0.1, 0.15) is 53.0 Å². The van der Waals surface area contributed by atoms with Crippen LogP contribution in [-0.2, 0) is 33.6 Å². The van der Waals surface area contributed by atoms with Crippen LogP contribution >= 0.6 is 0 Å². The number of nitrogens with two attached hydrogens (primary N) is 1. The van der Waals surface area contributed by atoms with Gasteiger partial charge in [-0.1, -0.05) is 32.9 Å². The number of fused-ring (bicyclic) bond motifs is 1. The van der Waals surface area contributed by atoms with Gasteiger partial charge in [0, 0.05) is 50.8 Å². The Morgan fingerprint density at radius 1 is 1.12 bits per heavy atom. The first-order chi connectivity index (χ1) is 22.6. The van der Waals surface area contributed by atoms with Crippen LogP contribution in [0.4, 0.5) is 5.69 Å². The fourth-order valence-electron chi connectivity index (χ4n) is 5.16. The third-order valence-electron chi connectivity index (χ3n) is 7.61. The lowest BCUT2D eigenvalue weighted by atomic mass is 9.85. The smallest absolute Gasteiger partial charge is 0.352 e. The number of aryl methyl sites for hydroxylation is 1. The van der Waals surface area contributed by atoms with Crippen LogP contribution in [0.2, 0.25) is 0 Å². The molecule has 1 amide bonds. The van der Waals surface area contributed by atoms with Crippen molar-refractivity contribution in [2.45, 2.75) is 32.6 Å². The molecule has 0 saturated carbocycles. The number of methoxy groups -OCH3 is 1. The van der Waals surface area contributed by atoms with Gasteiger partial charge in [-0.15, -0.1) is 0 Å². The molecule has 2 aromatic carbocycles. The molecule has 4 aromatic rings. The molecule has 1 fully saturated rings. The fraction of sp³-hybridized carbons (Fsp3) is 0.394. The second-order valence-corrected chi connectivity index (χ2v) is 14.0. The number of primary amides is 1. The lowest BCUT2D eigenvalue weighted by molar-refractivity contribution is 0.0382. The number of morpholine rings is 1. The Kier molecular flexibility index (Phi) is 11.3. The minimum Gasteiger partial charge on any atom is -0.494 e. The highest BCUT2D eigenvalue weighted by Crippen LogP contribution is 2.36. The van der Waals surface area contributed by atoms with Gasteiger partial charge in [0.1, 0.15) is 11.5 Å². The molecule has 0 unspecified atom stereocenters. The summed E-state index contributed by atoms with van der Waals surface area (Å²) in [4.78, 5) is 34.1. The molecule has 0 radical (unpaired) electrons. The van der Waals surface area contributed by atoms with Gasteiger partial charge in [0.05, 0.1) is 43.3 Å². The van der Waals surface area contributed by atoms with E-state index in [1.54, 1.807) is 42.1 Å². The van der Waals surface area contributed by atoms with Gasteiger partial charge in [0.15, 0.2) is 11.5 Å². The molecule has 2 aromatic heterocycles.